The summed E-state index contributed by atoms with van der Waals surface area (Å²) < 4.78 is 0. The average molecular weight is 424 g/mol. The molecule has 0 fully saturated rings. The van der Waals surface area contributed by atoms with Crippen LogP contribution in [0, 0.1) is 13.8 Å². The van der Waals surface area contributed by atoms with Crippen LogP contribution in [0.1, 0.15) is 34.4 Å². The molecule has 0 radical (unpaired) electrons. The minimum atomic E-state index is -0.259. The molecule has 160 valence electrons. The minimum absolute atomic E-state index is 0.159. The molecule has 5 rings (SSSR count). The average Bonchev–Trinajstić information content (AvgIpc) is 3.04. The fraction of sp³-hybridized carbons (Fsp3) is 0.222. The highest BCUT2D eigenvalue weighted by molar-refractivity contribution is 6.37. The van der Waals surface area contributed by atoms with E-state index in [-0.39, 0.29) is 18.4 Å². The van der Waals surface area contributed by atoms with E-state index in [0.717, 1.165) is 35.2 Å². The molecule has 1 aromatic heterocycles. The van der Waals surface area contributed by atoms with Gasteiger partial charge in [0, 0.05) is 18.4 Å². The van der Waals surface area contributed by atoms with Gasteiger partial charge in [-0.1, -0.05) is 48.0 Å². The molecule has 5 heteroatoms. The van der Waals surface area contributed by atoms with Gasteiger partial charge in [0.05, 0.1) is 17.8 Å². The molecule has 0 saturated carbocycles. The van der Waals surface area contributed by atoms with E-state index in [9.17, 15) is 9.59 Å². The van der Waals surface area contributed by atoms with Gasteiger partial charge in [0.15, 0.2) is 0 Å². The van der Waals surface area contributed by atoms with E-state index in [1.807, 2.05) is 67.3 Å². The van der Waals surface area contributed by atoms with Crippen LogP contribution in [0.3, 0.4) is 0 Å². The number of benzene rings is 2. The van der Waals surface area contributed by atoms with Gasteiger partial charge in [-0.05, 0) is 61.6 Å². The number of fused-ring (bicyclic) bond motifs is 1. The molecule has 2 aliphatic heterocycles. The van der Waals surface area contributed by atoms with Gasteiger partial charge < -0.3 is 4.90 Å². The highest BCUT2D eigenvalue weighted by Gasteiger charge is 2.43. The Bertz CT molecular complexity index is 1250. The number of anilines is 1. The normalized spacial score (nSPS) is 16.1. The van der Waals surface area contributed by atoms with Crippen molar-refractivity contribution in [1.82, 2.24) is 9.88 Å². The van der Waals surface area contributed by atoms with Crippen molar-refractivity contribution in [3.8, 4) is 0 Å². The lowest BCUT2D eigenvalue weighted by Crippen LogP contribution is -2.37. The maximum absolute atomic E-state index is 13.8. The largest absolute Gasteiger partial charge is 0.336 e. The van der Waals surface area contributed by atoms with Crippen molar-refractivity contribution in [3.63, 3.8) is 0 Å². The summed E-state index contributed by atoms with van der Waals surface area (Å²) in [6.07, 6.45) is 3.58. The first kappa shape index (κ1) is 20.2. The lowest BCUT2D eigenvalue weighted by molar-refractivity contribution is -0.137. The van der Waals surface area contributed by atoms with Gasteiger partial charge in [-0.15, -0.1) is 0 Å². The number of hydrogen-bond donors (Lipinski definition) is 0. The lowest BCUT2D eigenvalue weighted by Gasteiger charge is -2.32. The predicted octanol–water partition coefficient (Wildman–Crippen LogP) is 4.43. The van der Waals surface area contributed by atoms with Crippen LogP contribution in [0.2, 0.25) is 0 Å². The molecule has 0 saturated heterocycles. The summed E-state index contributed by atoms with van der Waals surface area (Å²) in [5.41, 5.74) is 6.80. The Morgan fingerprint density at radius 1 is 0.938 bits per heavy atom. The number of carbonyl (C=O) groups excluding carboxylic acids is 2. The number of pyridine rings is 1. The van der Waals surface area contributed by atoms with Gasteiger partial charge in [0.1, 0.15) is 5.70 Å². The fourth-order valence-electron chi connectivity index (χ4n) is 4.71. The number of aromatic nitrogens is 1. The van der Waals surface area contributed by atoms with Crippen molar-refractivity contribution in [1.29, 1.82) is 0 Å². The van der Waals surface area contributed by atoms with Crippen molar-refractivity contribution in [2.45, 2.75) is 33.2 Å². The number of aryl methyl sites for hydroxylation is 3. The van der Waals surface area contributed by atoms with Crippen molar-refractivity contribution in [2.75, 3.05) is 11.4 Å². The third-order valence-corrected chi connectivity index (χ3v) is 6.22. The Hall–Kier alpha value is -3.73. The topological polar surface area (TPSA) is 53.5 Å². The van der Waals surface area contributed by atoms with E-state index in [2.05, 4.69) is 17.1 Å². The van der Waals surface area contributed by atoms with Gasteiger partial charge in [-0.2, -0.15) is 0 Å². The molecule has 0 spiro atoms. The molecule has 5 nitrogen and oxygen atoms in total. The quantitative estimate of drug-likeness (QED) is 0.583. The molecule has 3 aromatic rings. The summed E-state index contributed by atoms with van der Waals surface area (Å²) in [7, 11) is 0. The first-order chi connectivity index (χ1) is 15.5. The smallest absolute Gasteiger partial charge is 0.278 e. The van der Waals surface area contributed by atoms with Crippen LogP contribution < -0.4 is 4.90 Å². The predicted molar refractivity (Wildman–Crippen MR) is 125 cm³/mol. The molecule has 0 unspecified atom stereocenters. The van der Waals surface area contributed by atoms with Crippen LogP contribution in [0.5, 0.6) is 0 Å². The standard InChI is InChI=1S/C27H25N3O2/c1-18-12-13-22(19(2)16-18)24-25(29-15-7-9-20-8-3-4-11-23(20)29)27(32)30(26(24)31)17-21-10-5-6-14-28-21/h3-6,8,10-14,16H,7,9,15,17H2,1-2H3. The van der Waals surface area contributed by atoms with Crippen LogP contribution >= 0.6 is 0 Å². The highest BCUT2D eigenvalue weighted by atomic mass is 16.2. The number of nitrogens with zero attached hydrogens (tertiary/aromatic N) is 3. The van der Waals surface area contributed by atoms with E-state index in [4.69, 9.17) is 0 Å². The molecule has 2 aliphatic rings. The van der Waals surface area contributed by atoms with Crippen molar-refractivity contribution in [2.24, 2.45) is 0 Å². The number of imide groups is 1. The van der Waals surface area contributed by atoms with Crippen LogP contribution in [0.15, 0.2) is 72.6 Å². The van der Waals surface area contributed by atoms with Crippen molar-refractivity contribution >= 4 is 23.1 Å². The number of amides is 2. The van der Waals surface area contributed by atoms with Crippen molar-refractivity contribution in [3.05, 3.63) is 101 Å². The molecule has 0 N–H and O–H groups in total. The van der Waals surface area contributed by atoms with E-state index >= 15 is 0 Å². The first-order valence-electron chi connectivity index (χ1n) is 11.0. The van der Waals surface area contributed by atoms with Crippen LogP contribution in [-0.4, -0.2) is 28.2 Å². The number of hydrogen-bond acceptors (Lipinski definition) is 4. The SMILES string of the molecule is Cc1ccc(C2=C(N3CCCc4ccccc43)C(=O)N(Cc3ccccn3)C2=O)c(C)c1. The van der Waals surface area contributed by atoms with E-state index in [1.165, 1.54) is 10.5 Å². The van der Waals surface area contributed by atoms with Gasteiger partial charge in [-0.3, -0.25) is 19.5 Å². The van der Waals surface area contributed by atoms with Crippen molar-refractivity contribution < 1.29 is 9.59 Å². The van der Waals surface area contributed by atoms with Gasteiger partial charge in [-0.25, -0.2) is 0 Å². The van der Waals surface area contributed by atoms with Gasteiger partial charge >= 0.3 is 0 Å². The lowest BCUT2D eigenvalue weighted by atomic mass is 9.95. The first-order valence-corrected chi connectivity index (χ1v) is 11.0. The zero-order chi connectivity index (χ0) is 22.2. The Balaban J connectivity index is 1.66. The van der Waals surface area contributed by atoms with Gasteiger partial charge in [0.25, 0.3) is 11.8 Å². The van der Waals surface area contributed by atoms with E-state index in [1.54, 1.807) is 6.20 Å². The monoisotopic (exact) mass is 423 g/mol. The highest BCUT2D eigenvalue weighted by Crippen LogP contribution is 2.39. The number of para-hydroxylation sites is 1. The third kappa shape index (κ3) is 3.40. The molecule has 3 heterocycles. The number of carbonyl (C=O) groups is 2. The van der Waals surface area contributed by atoms with E-state index in [0.29, 0.717) is 23.5 Å². The Labute approximate surface area is 188 Å². The molecule has 32 heavy (non-hydrogen) atoms. The molecule has 0 atom stereocenters. The summed E-state index contributed by atoms with van der Waals surface area (Å²) in [5.74, 6) is -0.516. The van der Waals surface area contributed by atoms with E-state index < -0.39 is 0 Å². The summed E-state index contributed by atoms with van der Waals surface area (Å²) in [4.78, 5) is 35.2. The molecular formula is C27H25N3O2. The Kier molecular flexibility index (Phi) is 5.10. The second kappa shape index (κ2) is 8.08. The molecule has 0 aliphatic carbocycles. The van der Waals surface area contributed by atoms with Gasteiger partial charge in [0.2, 0.25) is 0 Å². The molecule has 0 bridgehead atoms. The van der Waals surface area contributed by atoms with Crippen LogP contribution in [-0.2, 0) is 22.6 Å². The molecule has 2 amide bonds. The maximum atomic E-state index is 13.8. The molecular weight excluding hydrogens is 398 g/mol. The Morgan fingerprint density at radius 3 is 2.53 bits per heavy atom. The summed E-state index contributed by atoms with van der Waals surface area (Å²) in [6, 6.07) is 19.7. The zero-order valence-corrected chi connectivity index (χ0v) is 18.3. The minimum Gasteiger partial charge on any atom is -0.336 e. The fourth-order valence-corrected chi connectivity index (χ4v) is 4.71. The zero-order valence-electron chi connectivity index (χ0n) is 18.3. The summed E-state index contributed by atoms with van der Waals surface area (Å²) in [6.45, 7) is 4.89. The summed E-state index contributed by atoms with van der Waals surface area (Å²) >= 11 is 0. The summed E-state index contributed by atoms with van der Waals surface area (Å²) in [5, 5.41) is 0. The second-order valence-corrected chi connectivity index (χ2v) is 8.44. The Morgan fingerprint density at radius 2 is 1.75 bits per heavy atom. The molecule has 2 aromatic carbocycles. The van der Waals surface area contributed by atoms with Crippen LogP contribution in [0.4, 0.5) is 5.69 Å². The third-order valence-electron chi connectivity index (χ3n) is 6.22. The van der Waals surface area contributed by atoms with Crippen LogP contribution in [0.25, 0.3) is 5.57 Å². The number of rotatable bonds is 4. The maximum Gasteiger partial charge on any atom is 0.278 e. The second-order valence-electron chi connectivity index (χ2n) is 8.44.